The summed E-state index contributed by atoms with van der Waals surface area (Å²) in [6.07, 6.45) is 4.46. The second-order valence-electron chi connectivity index (χ2n) is 12.2. The molecule has 0 bridgehead atoms. The number of hydrogen-bond acceptors (Lipinski definition) is 6. The molecule has 1 atom stereocenters. The van der Waals surface area contributed by atoms with Crippen molar-refractivity contribution in [1.82, 2.24) is 20.6 Å². The van der Waals surface area contributed by atoms with Gasteiger partial charge in [-0.3, -0.25) is 4.79 Å². The fourth-order valence-electron chi connectivity index (χ4n) is 6.45. The van der Waals surface area contributed by atoms with E-state index < -0.39 is 0 Å². The molecule has 0 aliphatic heterocycles. The Morgan fingerprint density at radius 3 is 2.36 bits per heavy atom. The van der Waals surface area contributed by atoms with Crippen molar-refractivity contribution in [2.24, 2.45) is 5.92 Å². The summed E-state index contributed by atoms with van der Waals surface area (Å²) in [5, 5.41) is 13.9. The van der Waals surface area contributed by atoms with Crippen LogP contribution in [0, 0.1) is 5.92 Å². The Kier molecular flexibility index (Phi) is 9.03. The van der Waals surface area contributed by atoms with Gasteiger partial charge in [0, 0.05) is 37.6 Å². The highest BCUT2D eigenvalue weighted by Crippen LogP contribution is 2.29. The molecule has 1 fully saturated rings. The Morgan fingerprint density at radius 1 is 0.841 bits per heavy atom. The topological polar surface area (TPSA) is 82.2 Å². The quantitative estimate of drug-likeness (QED) is 0.162. The van der Waals surface area contributed by atoms with Crippen molar-refractivity contribution in [3.8, 4) is 0 Å². The second kappa shape index (κ2) is 13.4. The molecule has 1 saturated carbocycles. The fraction of sp³-hybridized carbons (Fsp3) is 0.324. The molecular weight excluding hydrogens is 544 g/mol. The third-order valence-electron chi connectivity index (χ3n) is 8.83. The summed E-state index contributed by atoms with van der Waals surface area (Å²) < 4.78 is 0. The van der Waals surface area contributed by atoms with Crippen LogP contribution in [0.5, 0.6) is 0 Å². The van der Waals surface area contributed by atoms with Crippen LogP contribution in [0.1, 0.15) is 60.1 Å². The Labute approximate surface area is 260 Å². The summed E-state index contributed by atoms with van der Waals surface area (Å²) in [4.78, 5) is 25.1. The van der Waals surface area contributed by atoms with Gasteiger partial charge in [0.1, 0.15) is 5.82 Å². The summed E-state index contributed by atoms with van der Waals surface area (Å²) in [7, 11) is 4.04. The minimum absolute atomic E-state index is 0.0391. The molecule has 4 aromatic carbocycles. The molecule has 1 aliphatic rings. The molecule has 226 valence electrons. The zero-order valence-corrected chi connectivity index (χ0v) is 25.9. The first-order chi connectivity index (χ1) is 21.5. The van der Waals surface area contributed by atoms with E-state index in [0.29, 0.717) is 24.5 Å². The molecule has 1 amide bonds. The summed E-state index contributed by atoms with van der Waals surface area (Å²) in [6, 6.07) is 30.9. The van der Waals surface area contributed by atoms with E-state index in [0.717, 1.165) is 65.6 Å². The average Bonchev–Trinajstić information content (AvgIpc) is 3.05. The lowest BCUT2D eigenvalue weighted by Crippen LogP contribution is -2.32. The summed E-state index contributed by atoms with van der Waals surface area (Å²) >= 11 is 0. The van der Waals surface area contributed by atoms with Gasteiger partial charge in [-0.15, -0.1) is 0 Å². The largest absolute Gasteiger partial charge is 0.362 e. The van der Waals surface area contributed by atoms with Gasteiger partial charge in [-0.1, -0.05) is 72.8 Å². The molecule has 0 saturated heterocycles. The van der Waals surface area contributed by atoms with E-state index >= 15 is 0 Å². The van der Waals surface area contributed by atoms with Gasteiger partial charge in [0.25, 0.3) is 5.91 Å². The second-order valence-corrected chi connectivity index (χ2v) is 12.2. The maximum atomic E-state index is 13.4. The van der Waals surface area contributed by atoms with Gasteiger partial charge < -0.3 is 20.9 Å². The first kappa shape index (κ1) is 29.6. The van der Waals surface area contributed by atoms with Crippen LogP contribution in [0.4, 0.5) is 11.8 Å². The van der Waals surface area contributed by atoms with Crippen molar-refractivity contribution in [2.45, 2.75) is 51.2 Å². The average molecular weight is 587 g/mol. The van der Waals surface area contributed by atoms with Crippen LogP contribution in [0.3, 0.4) is 0 Å². The van der Waals surface area contributed by atoms with Crippen LogP contribution >= 0.6 is 0 Å². The number of nitrogens with one attached hydrogen (secondary N) is 3. The monoisotopic (exact) mass is 586 g/mol. The Morgan fingerprint density at radius 2 is 1.55 bits per heavy atom. The van der Waals surface area contributed by atoms with E-state index in [1.807, 2.05) is 67.5 Å². The highest BCUT2D eigenvalue weighted by Gasteiger charge is 2.23. The van der Waals surface area contributed by atoms with E-state index in [1.54, 1.807) is 0 Å². The minimum atomic E-state index is -0.104. The molecule has 44 heavy (non-hydrogen) atoms. The fourth-order valence-corrected chi connectivity index (χ4v) is 6.45. The van der Waals surface area contributed by atoms with Crippen LogP contribution in [-0.2, 0) is 6.54 Å². The van der Waals surface area contributed by atoms with Crippen LogP contribution in [0.15, 0.2) is 91.0 Å². The number of aromatic nitrogens is 2. The first-order valence-corrected chi connectivity index (χ1v) is 15.7. The summed E-state index contributed by atoms with van der Waals surface area (Å²) in [6.45, 7) is 3.66. The van der Waals surface area contributed by atoms with Gasteiger partial charge in [0.2, 0.25) is 5.95 Å². The molecule has 0 radical (unpaired) electrons. The molecular formula is C37H42N6O. The van der Waals surface area contributed by atoms with Gasteiger partial charge in [-0.05, 0) is 85.2 Å². The number of hydrogen-bond donors (Lipinski definition) is 3. The van der Waals surface area contributed by atoms with Crippen molar-refractivity contribution in [3.05, 3.63) is 108 Å². The molecule has 7 nitrogen and oxygen atoms in total. The molecule has 1 aromatic heterocycles. The Bertz CT molecular complexity index is 1740. The zero-order chi connectivity index (χ0) is 30.5. The lowest BCUT2D eigenvalue weighted by atomic mass is 9.86. The van der Waals surface area contributed by atoms with E-state index in [1.165, 1.54) is 10.8 Å². The number of nitrogens with zero attached hydrogens (tertiary/aromatic N) is 3. The predicted molar refractivity (Wildman–Crippen MR) is 181 cm³/mol. The van der Waals surface area contributed by atoms with Crippen LogP contribution < -0.4 is 20.9 Å². The smallest absolute Gasteiger partial charge is 0.252 e. The molecule has 0 unspecified atom stereocenters. The van der Waals surface area contributed by atoms with Gasteiger partial charge >= 0.3 is 0 Å². The Balaban J connectivity index is 1.01. The van der Waals surface area contributed by atoms with E-state index in [2.05, 4.69) is 65.3 Å². The van der Waals surface area contributed by atoms with E-state index in [-0.39, 0.29) is 11.9 Å². The highest BCUT2D eigenvalue weighted by molar-refractivity contribution is 5.96. The molecule has 1 heterocycles. The number of amides is 1. The number of carbonyl (C=O) groups excluding carboxylic acids is 1. The van der Waals surface area contributed by atoms with E-state index in [4.69, 9.17) is 9.97 Å². The first-order valence-electron chi connectivity index (χ1n) is 15.7. The predicted octanol–water partition coefficient (Wildman–Crippen LogP) is 7.10. The van der Waals surface area contributed by atoms with E-state index in [9.17, 15) is 4.79 Å². The third kappa shape index (κ3) is 6.68. The lowest BCUT2D eigenvalue weighted by molar-refractivity contribution is 0.0939. The van der Waals surface area contributed by atoms with Crippen molar-refractivity contribution in [2.75, 3.05) is 30.9 Å². The SMILES string of the molecule is C[C@@H](NC(=O)c1ccccc1CNC[C@H]1CC[C@@H](Nc2nc(N(C)C)c3ccccc3n2)CC1)c1cccc2ccccc12. The van der Waals surface area contributed by atoms with Gasteiger partial charge in [-0.25, -0.2) is 4.98 Å². The number of carbonyl (C=O) groups is 1. The number of fused-ring (bicyclic) bond motifs is 2. The molecule has 6 rings (SSSR count). The van der Waals surface area contributed by atoms with Gasteiger partial charge in [-0.2, -0.15) is 4.98 Å². The highest BCUT2D eigenvalue weighted by atomic mass is 16.1. The summed E-state index contributed by atoms with van der Waals surface area (Å²) in [5.74, 6) is 2.21. The van der Waals surface area contributed by atoms with Crippen LogP contribution in [-0.4, -0.2) is 42.6 Å². The lowest BCUT2D eigenvalue weighted by Gasteiger charge is -2.29. The zero-order valence-electron chi connectivity index (χ0n) is 25.9. The molecule has 0 spiro atoms. The minimum Gasteiger partial charge on any atom is -0.362 e. The molecule has 7 heteroatoms. The Hall–Kier alpha value is -4.49. The van der Waals surface area contributed by atoms with Crippen molar-refractivity contribution >= 4 is 39.3 Å². The normalized spacial score (nSPS) is 17.3. The van der Waals surface area contributed by atoms with Crippen LogP contribution in [0.25, 0.3) is 21.7 Å². The number of para-hydroxylation sites is 1. The molecule has 1 aliphatic carbocycles. The number of benzene rings is 4. The number of anilines is 2. The molecule has 5 aromatic rings. The third-order valence-corrected chi connectivity index (χ3v) is 8.83. The van der Waals surface area contributed by atoms with Gasteiger partial charge in [0.15, 0.2) is 0 Å². The summed E-state index contributed by atoms with van der Waals surface area (Å²) in [5.41, 5.74) is 3.84. The van der Waals surface area contributed by atoms with Crippen molar-refractivity contribution < 1.29 is 4.79 Å². The molecule has 3 N–H and O–H groups in total. The number of rotatable bonds is 10. The maximum absolute atomic E-state index is 13.4. The maximum Gasteiger partial charge on any atom is 0.252 e. The van der Waals surface area contributed by atoms with Crippen molar-refractivity contribution in [3.63, 3.8) is 0 Å². The van der Waals surface area contributed by atoms with Crippen molar-refractivity contribution in [1.29, 1.82) is 0 Å². The standard InChI is InChI=1S/C37H42N6O/c1-25(30-17-10-13-27-11-4-6-14-31(27)30)39-36(44)32-15-7-5-12-28(32)24-38-23-26-19-21-29(22-20-26)40-37-41-34-18-9-8-16-33(34)35(42-37)43(2)3/h4-18,25-26,29,38H,19-24H2,1-3H3,(H,39,44)(H,40,41,42)/t25-,26-,29+/m1/s1. The van der Waals surface area contributed by atoms with Crippen LogP contribution in [0.2, 0.25) is 0 Å². The van der Waals surface area contributed by atoms with Gasteiger partial charge in [0.05, 0.1) is 11.6 Å².